The lowest BCUT2D eigenvalue weighted by atomic mass is 9.75. The van der Waals surface area contributed by atoms with Crippen LogP contribution in [0.3, 0.4) is 0 Å². The summed E-state index contributed by atoms with van der Waals surface area (Å²) in [5, 5.41) is 0.638. The number of aromatic nitrogens is 2. The van der Waals surface area contributed by atoms with Gasteiger partial charge in [0, 0.05) is 23.0 Å². The molecule has 2 aliphatic heterocycles. The van der Waals surface area contributed by atoms with Crippen LogP contribution in [0.15, 0.2) is 40.9 Å². The fourth-order valence-electron chi connectivity index (χ4n) is 4.38. The number of benzene rings is 2. The molecule has 7 heteroatoms. The van der Waals surface area contributed by atoms with E-state index in [4.69, 9.17) is 17.3 Å². The Kier molecular flexibility index (Phi) is 4.10. The van der Waals surface area contributed by atoms with Gasteiger partial charge in [0.2, 0.25) is 0 Å². The van der Waals surface area contributed by atoms with Crippen molar-refractivity contribution in [1.82, 2.24) is 9.55 Å². The summed E-state index contributed by atoms with van der Waals surface area (Å²) in [4.78, 5) is 16.8. The molecule has 2 bridgehead atoms. The molecule has 2 N–H and O–H groups in total. The van der Waals surface area contributed by atoms with Crippen molar-refractivity contribution in [2.24, 2.45) is 5.73 Å². The minimum absolute atomic E-state index is 0.215. The van der Waals surface area contributed by atoms with Crippen LogP contribution in [0.2, 0.25) is 5.02 Å². The predicted molar refractivity (Wildman–Crippen MR) is 109 cm³/mol. The van der Waals surface area contributed by atoms with Crippen LogP contribution in [0, 0.1) is 5.82 Å². The van der Waals surface area contributed by atoms with E-state index in [0.717, 1.165) is 35.2 Å². The van der Waals surface area contributed by atoms with Crippen LogP contribution in [0.25, 0.3) is 11.4 Å². The number of amides is 1. The van der Waals surface area contributed by atoms with Crippen molar-refractivity contribution in [2.45, 2.75) is 31.2 Å². The molecule has 1 saturated carbocycles. The van der Waals surface area contributed by atoms with Crippen LogP contribution in [-0.2, 0) is 6.42 Å². The Hall–Kier alpha value is -2.18. The van der Waals surface area contributed by atoms with Crippen LogP contribution >= 0.6 is 27.5 Å². The lowest BCUT2D eigenvalue weighted by Crippen LogP contribution is -2.25. The molecule has 2 aromatic carbocycles. The lowest BCUT2D eigenvalue weighted by Gasteiger charge is -2.35. The van der Waals surface area contributed by atoms with Gasteiger partial charge in [0.05, 0.1) is 10.2 Å². The molecule has 6 rings (SSSR count). The number of primary amides is 1. The van der Waals surface area contributed by atoms with Gasteiger partial charge in [-0.1, -0.05) is 29.8 Å². The largest absolute Gasteiger partial charge is 0.364 e. The Morgan fingerprint density at radius 1 is 1.32 bits per heavy atom. The number of nitrogens with two attached hydrogens (primary N) is 1. The van der Waals surface area contributed by atoms with E-state index < -0.39 is 5.91 Å². The van der Waals surface area contributed by atoms with Gasteiger partial charge in [0.1, 0.15) is 17.3 Å². The molecule has 3 heterocycles. The van der Waals surface area contributed by atoms with Gasteiger partial charge in [-0.05, 0) is 64.0 Å². The zero-order valence-corrected chi connectivity index (χ0v) is 17.1. The van der Waals surface area contributed by atoms with E-state index in [-0.39, 0.29) is 17.6 Å². The zero-order chi connectivity index (χ0) is 19.6. The molecule has 1 fully saturated rings. The van der Waals surface area contributed by atoms with Crippen molar-refractivity contribution in [3.05, 3.63) is 74.2 Å². The predicted octanol–water partition coefficient (Wildman–Crippen LogP) is 5.23. The van der Waals surface area contributed by atoms with Crippen LogP contribution in [0.4, 0.5) is 4.39 Å². The molecule has 1 aliphatic carbocycles. The van der Waals surface area contributed by atoms with Crippen molar-refractivity contribution in [1.29, 1.82) is 0 Å². The summed E-state index contributed by atoms with van der Waals surface area (Å²) in [6.07, 6.45) is 2.25. The molecule has 0 radical (unpaired) electrons. The maximum atomic E-state index is 14.2. The van der Waals surface area contributed by atoms with Gasteiger partial charge in [0.25, 0.3) is 5.91 Å². The Balaban J connectivity index is 1.75. The van der Waals surface area contributed by atoms with Crippen molar-refractivity contribution < 1.29 is 9.18 Å². The fourth-order valence-corrected chi connectivity index (χ4v) is 4.93. The Bertz CT molecular complexity index is 1140. The number of hydrogen-bond donors (Lipinski definition) is 1. The van der Waals surface area contributed by atoms with Gasteiger partial charge in [-0.3, -0.25) is 4.79 Å². The maximum absolute atomic E-state index is 14.2. The third-order valence-corrected chi connectivity index (χ3v) is 6.79. The number of carbonyl (C=O) groups is 1. The van der Waals surface area contributed by atoms with Gasteiger partial charge >= 0.3 is 0 Å². The van der Waals surface area contributed by atoms with E-state index in [9.17, 15) is 9.18 Å². The summed E-state index contributed by atoms with van der Waals surface area (Å²) in [6, 6.07) is 11.1. The maximum Gasteiger partial charge on any atom is 0.269 e. The summed E-state index contributed by atoms with van der Waals surface area (Å²) in [7, 11) is 0. The molecule has 1 aromatic heterocycles. The minimum Gasteiger partial charge on any atom is -0.364 e. The highest BCUT2D eigenvalue weighted by Gasteiger charge is 2.41. The SMILES string of the molecule is NC(=O)c1nc2n(c1Cc1ccccc1Cl)C1CC(C1)c1cc(F)c(Br)cc1-2. The topological polar surface area (TPSA) is 60.9 Å². The van der Waals surface area contributed by atoms with E-state index in [1.807, 2.05) is 24.3 Å². The average molecular weight is 461 g/mol. The Labute approximate surface area is 174 Å². The first-order valence-corrected chi connectivity index (χ1v) is 10.2. The smallest absolute Gasteiger partial charge is 0.269 e. The molecule has 4 nitrogen and oxygen atoms in total. The van der Waals surface area contributed by atoms with E-state index in [0.29, 0.717) is 27.7 Å². The fraction of sp³-hybridized carbons (Fsp3) is 0.238. The molecular weight excluding hydrogens is 445 g/mol. The molecule has 3 aliphatic rings. The minimum atomic E-state index is -0.568. The molecule has 142 valence electrons. The van der Waals surface area contributed by atoms with Gasteiger partial charge in [-0.2, -0.15) is 0 Å². The molecule has 1 amide bonds. The normalized spacial score (nSPS) is 19.4. The highest BCUT2D eigenvalue weighted by molar-refractivity contribution is 9.10. The van der Waals surface area contributed by atoms with E-state index in [1.165, 1.54) is 0 Å². The summed E-state index contributed by atoms with van der Waals surface area (Å²) >= 11 is 9.64. The van der Waals surface area contributed by atoms with Crippen LogP contribution in [0.1, 0.15) is 52.1 Å². The number of carbonyl (C=O) groups excluding carboxylic acids is 1. The molecule has 0 spiro atoms. The van der Waals surface area contributed by atoms with Crippen molar-refractivity contribution in [3.63, 3.8) is 0 Å². The Morgan fingerprint density at radius 3 is 2.79 bits per heavy atom. The monoisotopic (exact) mass is 459 g/mol. The van der Waals surface area contributed by atoms with Gasteiger partial charge in [-0.25, -0.2) is 9.37 Å². The van der Waals surface area contributed by atoms with Gasteiger partial charge < -0.3 is 10.3 Å². The molecular formula is C21H16BrClFN3O. The molecule has 28 heavy (non-hydrogen) atoms. The lowest BCUT2D eigenvalue weighted by molar-refractivity contribution is 0.0995. The third kappa shape index (κ3) is 2.62. The molecule has 3 aromatic rings. The first kappa shape index (κ1) is 17.9. The highest BCUT2D eigenvalue weighted by Crippen LogP contribution is 2.53. The standard InChI is InChI=1S/C21H16BrClFN3O/c22-15-8-14-13(9-17(15)24)11-5-12(6-11)27-18(19(20(25)28)26-21(14)27)7-10-3-1-2-4-16(10)23/h1-4,8-9,11-12H,5-7H2,(H2,25,28). The van der Waals surface area contributed by atoms with Crippen LogP contribution in [0.5, 0.6) is 0 Å². The summed E-state index contributed by atoms with van der Waals surface area (Å²) < 4.78 is 16.7. The van der Waals surface area contributed by atoms with E-state index in [1.54, 1.807) is 12.1 Å². The summed E-state index contributed by atoms with van der Waals surface area (Å²) in [5.41, 5.74) is 9.41. The highest BCUT2D eigenvalue weighted by atomic mass is 79.9. The molecule has 0 saturated heterocycles. The number of nitrogens with zero attached hydrogens (tertiary/aromatic N) is 2. The molecule has 0 atom stereocenters. The first-order chi connectivity index (χ1) is 13.4. The second-order valence-electron chi connectivity index (χ2n) is 7.41. The quantitative estimate of drug-likeness (QED) is 0.582. The number of hydrogen-bond acceptors (Lipinski definition) is 2. The van der Waals surface area contributed by atoms with Gasteiger partial charge in [-0.15, -0.1) is 0 Å². The third-order valence-electron chi connectivity index (χ3n) is 5.81. The number of rotatable bonds is 3. The second kappa shape index (κ2) is 6.42. The van der Waals surface area contributed by atoms with E-state index >= 15 is 0 Å². The van der Waals surface area contributed by atoms with Crippen molar-refractivity contribution in [3.8, 4) is 11.4 Å². The number of imidazole rings is 1. The summed E-state index contributed by atoms with van der Waals surface area (Å²) in [5.74, 6) is 0.126. The van der Waals surface area contributed by atoms with Crippen molar-refractivity contribution >= 4 is 33.4 Å². The second-order valence-corrected chi connectivity index (χ2v) is 8.67. The Morgan fingerprint density at radius 2 is 2.07 bits per heavy atom. The average Bonchev–Trinajstić information content (AvgIpc) is 2.86. The molecule has 0 unspecified atom stereocenters. The van der Waals surface area contributed by atoms with Crippen LogP contribution < -0.4 is 5.73 Å². The van der Waals surface area contributed by atoms with Gasteiger partial charge in [0.15, 0.2) is 0 Å². The zero-order valence-electron chi connectivity index (χ0n) is 14.8. The van der Waals surface area contributed by atoms with E-state index in [2.05, 4.69) is 25.5 Å². The number of halogens is 3. The van der Waals surface area contributed by atoms with Crippen molar-refractivity contribution in [2.75, 3.05) is 0 Å². The summed E-state index contributed by atoms with van der Waals surface area (Å²) in [6.45, 7) is 0. The van der Waals surface area contributed by atoms with Crippen LogP contribution in [-0.4, -0.2) is 15.5 Å². The first-order valence-electron chi connectivity index (χ1n) is 9.07.